The number of aryl methyl sites for hydroxylation is 3. The first-order valence-corrected chi connectivity index (χ1v) is 9.28. The van der Waals surface area contributed by atoms with E-state index in [0.717, 1.165) is 51.1 Å². The Bertz CT molecular complexity index is 1100. The summed E-state index contributed by atoms with van der Waals surface area (Å²) in [6.07, 6.45) is 9.06. The molecule has 4 heterocycles. The van der Waals surface area contributed by atoms with Crippen LogP contribution in [-0.2, 0) is 12.8 Å². The van der Waals surface area contributed by atoms with E-state index in [-0.39, 0.29) is 0 Å². The van der Waals surface area contributed by atoms with Gasteiger partial charge in [-0.1, -0.05) is 6.07 Å². The summed E-state index contributed by atoms with van der Waals surface area (Å²) >= 11 is 1.65. The molecule has 0 N–H and O–H groups in total. The Morgan fingerprint density at radius 2 is 1.85 bits per heavy atom. The van der Waals surface area contributed by atoms with Gasteiger partial charge < -0.3 is 0 Å². The Morgan fingerprint density at radius 1 is 0.923 bits per heavy atom. The summed E-state index contributed by atoms with van der Waals surface area (Å²) in [6.45, 7) is 2.03. The summed E-state index contributed by atoms with van der Waals surface area (Å²) in [5.41, 5.74) is 7.30. The van der Waals surface area contributed by atoms with Gasteiger partial charge >= 0.3 is 0 Å². The van der Waals surface area contributed by atoms with E-state index in [4.69, 9.17) is 9.97 Å². The van der Waals surface area contributed by atoms with Crippen LogP contribution >= 0.6 is 11.3 Å². The van der Waals surface area contributed by atoms with Gasteiger partial charge in [-0.3, -0.25) is 4.98 Å². The van der Waals surface area contributed by atoms with Crippen molar-refractivity contribution in [2.24, 2.45) is 0 Å². The molecule has 26 heavy (non-hydrogen) atoms. The van der Waals surface area contributed by atoms with Crippen LogP contribution in [0.1, 0.15) is 16.8 Å². The number of fused-ring (bicyclic) bond motifs is 3. The Kier molecular flexibility index (Phi) is 3.57. The van der Waals surface area contributed by atoms with Crippen molar-refractivity contribution in [3.63, 3.8) is 0 Å². The maximum atomic E-state index is 4.96. The minimum atomic E-state index is 0.945. The second-order valence-corrected chi connectivity index (χ2v) is 7.28. The average molecular weight is 357 g/mol. The maximum Gasteiger partial charge on any atom is 0.125 e. The average Bonchev–Trinajstić information content (AvgIpc) is 3.10. The van der Waals surface area contributed by atoms with Crippen LogP contribution in [0.4, 0.5) is 0 Å². The lowest BCUT2D eigenvalue weighted by molar-refractivity contribution is 0.897. The third-order valence-electron chi connectivity index (χ3n) is 4.59. The molecule has 0 radical (unpaired) electrons. The largest absolute Gasteiger partial charge is 0.264 e. The smallest absolute Gasteiger partial charge is 0.125 e. The first-order valence-electron chi connectivity index (χ1n) is 8.47. The Balaban J connectivity index is 1.62. The highest BCUT2D eigenvalue weighted by Gasteiger charge is 2.21. The van der Waals surface area contributed by atoms with Gasteiger partial charge in [0.25, 0.3) is 0 Å². The van der Waals surface area contributed by atoms with E-state index in [1.54, 1.807) is 23.9 Å². The molecule has 0 unspecified atom stereocenters. The molecule has 6 heteroatoms. The Hall–Kier alpha value is -2.99. The highest BCUT2D eigenvalue weighted by Crippen LogP contribution is 2.37. The second-order valence-electron chi connectivity index (χ2n) is 6.28. The van der Waals surface area contributed by atoms with Gasteiger partial charge in [-0.15, -0.1) is 11.3 Å². The van der Waals surface area contributed by atoms with E-state index in [9.17, 15) is 0 Å². The molecule has 0 fully saturated rings. The Morgan fingerprint density at radius 3 is 2.73 bits per heavy atom. The van der Waals surface area contributed by atoms with Crippen LogP contribution in [-0.4, -0.2) is 24.9 Å². The molecule has 4 aromatic rings. The van der Waals surface area contributed by atoms with Crippen LogP contribution in [0.15, 0.2) is 49.2 Å². The zero-order valence-electron chi connectivity index (χ0n) is 14.2. The standard InChI is InChI=1S/C20H15N5S/c1-12-19(26-20(24-12)15-3-2-8-21-10-15)16-7-6-13-4-5-14-9-22-11-23-17(14)18(13)25-16/h2-3,6-11H,4-5H2,1H3. The van der Waals surface area contributed by atoms with Crippen molar-refractivity contribution in [2.75, 3.05) is 0 Å². The normalized spacial score (nSPS) is 12.5. The summed E-state index contributed by atoms with van der Waals surface area (Å²) in [5.74, 6) is 0. The van der Waals surface area contributed by atoms with E-state index in [2.05, 4.69) is 27.1 Å². The fourth-order valence-corrected chi connectivity index (χ4v) is 4.32. The topological polar surface area (TPSA) is 64.5 Å². The van der Waals surface area contributed by atoms with E-state index < -0.39 is 0 Å². The number of thiazole rings is 1. The van der Waals surface area contributed by atoms with Crippen molar-refractivity contribution in [2.45, 2.75) is 19.8 Å². The summed E-state index contributed by atoms with van der Waals surface area (Å²) < 4.78 is 0. The molecule has 1 aliphatic carbocycles. The molecule has 0 saturated heterocycles. The van der Waals surface area contributed by atoms with Crippen molar-refractivity contribution in [1.82, 2.24) is 24.9 Å². The molecule has 0 bridgehead atoms. The monoisotopic (exact) mass is 357 g/mol. The van der Waals surface area contributed by atoms with Gasteiger partial charge in [0.05, 0.1) is 27.7 Å². The van der Waals surface area contributed by atoms with Gasteiger partial charge in [-0.25, -0.2) is 19.9 Å². The third-order valence-corrected chi connectivity index (χ3v) is 5.82. The number of pyridine rings is 2. The van der Waals surface area contributed by atoms with Gasteiger partial charge in [0.15, 0.2) is 0 Å². The van der Waals surface area contributed by atoms with Crippen LogP contribution in [0.25, 0.3) is 32.5 Å². The van der Waals surface area contributed by atoms with Crippen LogP contribution < -0.4 is 0 Å². The highest BCUT2D eigenvalue weighted by molar-refractivity contribution is 7.18. The van der Waals surface area contributed by atoms with E-state index in [1.165, 1.54) is 11.1 Å². The molecule has 0 saturated carbocycles. The van der Waals surface area contributed by atoms with Crippen molar-refractivity contribution >= 4 is 11.3 Å². The minimum Gasteiger partial charge on any atom is -0.264 e. The predicted octanol–water partition coefficient (Wildman–Crippen LogP) is 4.13. The van der Waals surface area contributed by atoms with Gasteiger partial charge in [0, 0.05) is 24.2 Å². The van der Waals surface area contributed by atoms with E-state index in [1.807, 2.05) is 31.5 Å². The molecular weight excluding hydrogens is 342 g/mol. The molecule has 0 spiro atoms. The molecule has 0 amide bonds. The minimum absolute atomic E-state index is 0.945. The maximum absolute atomic E-state index is 4.96. The summed E-state index contributed by atoms with van der Waals surface area (Å²) in [7, 11) is 0. The zero-order chi connectivity index (χ0) is 17.5. The van der Waals surface area contributed by atoms with Crippen LogP contribution in [0, 0.1) is 6.92 Å². The highest BCUT2D eigenvalue weighted by atomic mass is 32.1. The summed E-state index contributed by atoms with van der Waals surface area (Å²) in [4.78, 5) is 23.6. The van der Waals surface area contributed by atoms with Crippen LogP contribution in [0.3, 0.4) is 0 Å². The SMILES string of the molecule is Cc1nc(-c2cccnc2)sc1-c1ccc2c(n1)-c1ncncc1CC2. The van der Waals surface area contributed by atoms with Gasteiger partial charge in [0.1, 0.15) is 11.3 Å². The lowest BCUT2D eigenvalue weighted by atomic mass is 9.93. The van der Waals surface area contributed by atoms with Crippen molar-refractivity contribution in [3.8, 4) is 32.5 Å². The van der Waals surface area contributed by atoms with Crippen LogP contribution in [0.2, 0.25) is 0 Å². The van der Waals surface area contributed by atoms with Crippen molar-refractivity contribution < 1.29 is 0 Å². The lowest BCUT2D eigenvalue weighted by Crippen LogP contribution is -2.08. The number of rotatable bonds is 2. The molecule has 1 aliphatic rings. The second kappa shape index (κ2) is 6.07. The van der Waals surface area contributed by atoms with Gasteiger partial charge in [-0.2, -0.15) is 0 Å². The number of aromatic nitrogens is 5. The lowest BCUT2D eigenvalue weighted by Gasteiger charge is -2.17. The molecule has 5 nitrogen and oxygen atoms in total. The fourth-order valence-electron chi connectivity index (χ4n) is 3.29. The molecule has 0 aliphatic heterocycles. The van der Waals surface area contributed by atoms with Crippen LogP contribution in [0.5, 0.6) is 0 Å². The number of hydrogen-bond donors (Lipinski definition) is 0. The number of nitrogens with zero attached hydrogens (tertiary/aromatic N) is 5. The fraction of sp³-hybridized carbons (Fsp3) is 0.150. The molecule has 0 atom stereocenters. The summed E-state index contributed by atoms with van der Waals surface area (Å²) in [5, 5.41) is 0.966. The van der Waals surface area contributed by atoms with E-state index >= 15 is 0 Å². The summed E-state index contributed by atoms with van der Waals surface area (Å²) in [6, 6.07) is 8.23. The van der Waals surface area contributed by atoms with Crippen molar-refractivity contribution in [1.29, 1.82) is 0 Å². The van der Waals surface area contributed by atoms with Gasteiger partial charge in [0.2, 0.25) is 0 Å². The molecule has 4 aromatic heterocycles. The molecule has 5 rings (SSSR count). The third kappa shape index (κ3) is 2.50. The molecule has 126 valence electrons. The molecule has 0 aromatic carbocycles. The van der Waals surface area contributed by atoms with Crippen molar-refractivity contribution in [3.05, 3.63) is 66.0 Å². The first-order chi connectivity index (χ1) is 12.8. The first kappa shape index (κ1) is 15.3. The Labute approximate surface area is 154 Å². The van der Waals surface area contributed by atoms with Gasteiger partial charge in [-0.05, 0) is 49.1 Å². The number of hydrogen-bond acceptors (Lipinski definition) is 6. The zero-order valence-corrected chi connectivity index (χ0v) is 15.0. The molecular formula is C20H15N5S. The quantitative estimate of drug-likeness (QED) is 0.540. The predicted molar refractivity (Wildman–Crippen MR) is 102 cm³/mol. The van der Waals surface area contributed by atoms with E-state index in [0.29, 0.717) is 0 Å².